The highest BCUT2D eigenvalue weighted by Gasteiger charge is 2.14. The van der Waals surface area contributed by atoms with E-state index >= 15 is 0 Å². The average Bonchev–Trinajstić information content (AvgIpc) is 2.45. The molecular weight excluding hydrogens is 384 g/mol. The first-order valence-corrected chi connectivity index (χ1v) is 10.6. The second-order valence-electron chi connectivity index (χ2n) is 5.96. The number of rotatable bonds is 4. The minimum Gasteiger partial charge on any atom is -0.744 e. The van der Waals surface area contributed by atoms with Crippen LogP contribution in [0.15, 0.2) is 21.9 Å². The Balaban J connectivity index is 0. The van der Waals surface area contributed by atoms with Crippen molar-refractivity contribution in [2.24, 2.45) is 0 Å². The fourth-order valence-electron chi connectivity index (χ4n) is 1.03. The summed E-state index contributed by atoms with van der Waals surface area (Å²) in [5.74, 6) is 0. The van der Waals surface area contributed by atoms with Crippen molar-refractivity contribution in [1.29, 1.82) is 0 Å². The summed E-state index contributed by atoms with van der Waals surface area (Å²) in [4.78, 5) is 1.03. The monoisotopic (exact) mass is 414 g/mol. The molecule has 0 unspecified atom stereocenters. The van der Waals surface area contributed by atoms with Crippen LogP contribution >= 0.6 is 0 Å². The van der Waals surface area contributed by atoms with E-state index in [9.17, 15) is 25.9 Å². The van der Waals surface area contributed by atoms with Gasteiger partial charge in [-0.1, -0.05) is 0 Å². The molecule has 0 spiro atoms. The molecule has 0 fully saturated rings. The molecule has 0 aliphatic heterocycles. The zero-order valence-electron chi connectivity index (χ0n) is 16.0. The smallest absolute Gasteiger partial charge is 0.126 e. The summed E-state index contributed by atoms with van der Waals surface area (Å²) in [6.07, 6.45) is 0. The van der Waals surface area contributed by atoms with Gasteiger partial charge in [-0.2, -0.15) is 0 Å². The summed E-state index contributed by atoms with van der Waals surface area (Å²) < 4.78 is 64.0. The Labute approximate surface area is 156 Å². The van der Waals surface area contributed by atoms with Gasteiger partial charge in [0.2, 0.25) is 0 Å². The van der Waals surface area contributed by atoms with Crippen LogP contribution in [0.25, 0.3) is 0 Å². The van der Waals surface area contributed by atoms with Gasteiger partial charge in [-0.05, 0) is 26.0 Å². The summed E-state index contributed by atoms with van der Waals surface area (Å²) in [7, 11) is -1.38. The maximum absolute atomic E-state index is 10.7. The molecule has 26 heavy (non-hydrogen) atoms. The predicted octanol–water partition coefficient (Wildman–Crippen LogP) is -3.04. The van der Waals surface area contributed by atoms with E-state index in [1.165, 1.54) is 22.9 Å². The van der Waals surface area contributed by atoms with Gasteiger partial charge in [0.25, 0.3) is 0 Å². The molecule has 10 nitrogen and oxygen atoms in total. The highest BCUT2D eigenvalue weighted by atomic mass is 32.2. The second-order valence-corrected chi connectivity index (χ2v) is 8.65. The van der Waals surface area contributed by atoms with Crippen molar-refractivity contribution in [3.8, 4) is 0 Å². The first kappa shape index (κ1) is 26.8. The molecule has 0 aromatic heterocycles. The Kier molecular flexibility index (Phi) is 11.7. The number of nitrogens with two attached hydrogens (primary N) is 2. The van der Waals surface area contributed by atoms with Crippen LogP contribution < -0.4 is 21.3 Å². The van der Waals surface area contributed by atoms with Crippen LogP contribution in [0, 0.1) is 0 Å². The molecule has 1 aromatic rings. The lowest BCUT2D eigenvalue weighted by molar-refractivity contribution is -0.856. The van der Waals surface area contributed by atoms with Gasteiger partial charge in [-0.3, -0.25) is 0 Å². The molecule has 6 N–H and O–H groups in total. The normalized spacial score (nSPS) is 11.5. The maximum Gasteiger partial charge on any atom is 0.126 e. The number of hydrogen-bond acceptors (Lipinski definition) is 8. The van der Waals surface area contributed by atoms with Crippen LogP contribution in [-0.2, 0) is 20.2 Å². The van der Waals surface area contributed by atoms with Gasteiger partial charge in [-0.25, -0.2) is 16.8 Å². The van der Waals surface area contributed by atoms with E-state index < -0.39 is 41.4 Å². The van der Waals surface area contributed by atoms with Crippen molar-refractivity contribution in [2.75, 3.05) is 52.7 Å². The standard InChI is InChI=1S/C6H8N2O6S2.2C4H11N/c7-3-1-4(8)6(16(12,13)14)2-5(3)15(9,10)11;2*1-4-5(2)3/h1-2H,7-8H2,(H,9,10,11)(H,12,13,14);2*4H2,1-3H3. The Morgan fingerprint density at radius 1 is 0.769 bits per heavy atom. The summed E-state index contributed by atoms with van der Waals surface area (Å²) in [5.41, 5.74) is 9.30. The van der Waals surface area contributed by atoms with Gasteiger partial charge in [0, 0.05) is 0 Å². The number of quaternary nitrogens is 2. The summed E-state index contributed by atoms with van der Waals surface area (Å²) >= 11 is 0. The number of hydrogen-bond donors (Lipinski definition) is 4. The topological polar surface area (TPSA) is 175 Å². The molecule has 0 aliphatic rings. The lowest BCUT2D eigenvalue weighted by Crippen LogP contribution is -3.05. The van der Waals surface area contributed by atoms with Crippen LogP contribution in [0.1, 0.15) is 13.8 Å². The highest BCUT2D eigenvalue weighted by molar-refractivity contribution is 7.86. The minimum atomic E-state index is -4.97. The van der Waals surface area contributed by atoms with Gasteiger partial charge in [0.1, 0.15) is 20.2 Å². The highest BCUT2D eigenvalue weighted by Crippen LogP contribution is 2.27. The van der Waals surface area contributed by atoms with E-state index in [1.54, 1.807) is 0 Å². The molecule has 0 bridgehead atoms. The van der Waals surface area contributed by atoms with E-state index in [1.807, 2.05) is 0 Å². The van der Waals surface area contributed by atoms with Crippen molar-refractivity contribution in [3.05, 3.63) is 12.1 Å². The van der Waals surface area contributed by atoms with E-state index in [0.29, 0.717) is 6.07 Å². The van der Waals surface area contributed by atoms with E-state index in [4.69, 9.17) is 11.5 Å². The van der Waals surface area contributed by atoms with E-state index in [0.717, 1.165) is 6.07 Å². The number of benzene rings is 1. The van der Waals surface area contributed by atoms with E-state index in [-0.39, 0.29) is 0 Å². The number of nitrogens with one attached hydrogen (secondary N) is 2. The molecule has 154 valence electrons. The molecule has 0 radical (unpaired) electrons. The Hall–Kier alpha value is -1.44. The molecule has 1 rings (SSSR count). The SMILES string of the molecule is CC[NH+](C)C.CC[NH+](C)C.Nc1cc(N)c(S(=O)(=O)[O-])cc1S(=O)(=O)[O-]. The maximum atomic E-state index is 10.7. The zero-order chi connectivity index (χ0) is 21.3. The lowest BCUT2D eigenvalue weighted by atomic mass is 10.3. The first-order valence-electron chi connectivity index (χ1n) is 7.76. The van der Waals surface area contributed by atoms with Gasteiger partial charge in [0.15, 0.2) is 0 Å². The van der Waals surface area contributed by atoms with Crippen molar-refractivity contribution in [1.82, 2.24) is 0 Å². The third-order valence-corrected chi connectivity index (χ3v) is 4.88. The minimum absolute atomic E-state index is 0.356. The molecular formula is C14H30N4O6S2. The third-order valence-electron chi connectivity index (χ3n) is 3.10. The third kappa shape index (κ3) is 11.2. The molecule has 0 saturated carbocycles. The predicted molar refractivity (Wildman–Crippen MR) is 97.9 cm³/mol. The van der Waals surface area contributed by atoms with Gasteiger partial charge in [0.05, 0.1) is 62.4 Å². The van der Waals surface area contributed by atoms with Crippen LogP contribution in [0.2, 0.25) is 0 Å². The van der Waals surface area contributed by atoms with Gasteiger partial charge < -0.3 is 30.4 Å². The van der Waals surface area contributed by atoms with Crippen molar-refractivity contribution in [2.45, 2.75) is 23.6 Å². The van der Waals surface area contributed by atoms with Gasteiger partial charge >= 0.3 is 0 Å². The van der Waals surface area contributed by atoms with Crippen molar-refractivity contribution in [3.63, 3.8) is 0 Å². The largest absolute Gasteiger partial charge is 0.744 e. The Morgan fingerprint density at radius 3 is 1.15 bits per heavy atom. The van der Waals surface area contributed by atoms with Gasteiger partial charge in [-0.15, -0.1) is 0 Å². The summed E-state index contributed by atoms with van der Waals surface area (Å²) in [6, 6.07) is 1.09. The second kappa shape index (κ2) is 11.3. The molecule has 1 aromatic carbocycles. The van der Waals surface area contributed by atoms with Crippen LogP contribution in [0.5, 0.6) is 0 Å². The van der Waals surface area contributed by atoms with Crippen LogP contribution in [-0.4, -0.2) is 67.2 Å². The Bertz CT molecular complexity index is 701. The fourth-order valence-corrected chi connectivity index (χ4v) is 2.32. The summed E-state index contributed by atoms with van der Waals surface area (Å²) in [6.45, 7) is 6.77. The quantitative estimate of drug-likeness (QED) is 0.297. The lowest BCUT2D eigenvalue weighted by Gasteiger charge is -2.15. The summed E-state index contributed by atoms with van der Waals surface area (Å²) in [5, 5.41) is 0. The molecule has 0 atom stereocenters. The molecule has 0 amide bonds. The Morgan fingerprint density at radius 2 is 1.00 bits per heavy atom. The van der Waals surface area contributed by atoms with Crippen molar-refractivity contribution >= 4 is 31.6 Å². The van der Waals surface area contributed by atoms with Crippen molar-refractivity contribution < 1.29 is 35.7 Å². The fraction of sp³-hybridized carbons (Fsp3) is 0.571. The molecule has 0 saturated heterocycles. The van der Waals surface area contributed by atoms with Crippen LogP contribution in [0.3, 0.4) is 0 Å². The first-order chi connectivity index (χ1) is 11.6. The zero-order valence-corrected chi connectivity index (χ0v) is 17.6. The van der Waals surface area contributed by atoms with E-state index in [2.05, 4.69) is 42.0 Å². The average molecular weight is 415 g/mol. The molecule has 0 heterocycles. The number of nitrogen functional groups attached to an aromatic ring is 2. The number of anilines is 2. The molecule has 12 heteroatoms. The molecule has 0 aliphatic carbocycles. The van der Waals surface area contributed by atoms with Crippen LogP contribution in [0.4, 0.5) is 11.4 Å².